The number of rotatable bonds is 4. The van der Waals surface area contributed by atoms with E-state index in [9.17, 15) is 22.8 Å². The van der Waals surface area contributed by atoms with Crippen molar-refractivity contribution in [3.05, 3.63) is 12.2 Å². The first-order chi connectivity index (χ1) is 7.81. The quantitative estimate of drug-likeness (QED) is 0.433. The van der Waals surface area contributed by atoms with E-state index in [4.69, 9.17) is 0 Å². The van der Waals surface area contributed by atoms with E-state index < -0.39 is 24.7 Å². The highest BCUT2D eigenvalue weighted by Crippen LogP contribution is 2.15. The van der Waals surface area contributed by atoms with Crippen LogP contribution in [-0.2, 0) is 14.3 Å². The first kappa shape index (κ1) is 15.5. The number of carbonyl (C=O) groups is 2. The van der Waals surface area contributed by atoms with Crippen molar-refractivity contribution in [1.82, 2.24) is 4.90 Å². The average Bonchev–Trinajstić information content (AvgIpc) is 2.24. The van der Waals surface area contributed by atoms with E-state index >= 15 is 0 Å². The van der Waals surface area contributed by atoms with Gasteiger partial charge in [-0.25, -0.2) is 4.79 Å². The summed E-state index contributed by atoms with van der Waals surface area (Å²) in [6.07, 6.45) is -3.87. The predicted molar refractivity (Wildman–Crippen MR) is 54.1 cm³/mol. The van der Waals surface area contributed by atoms with E-state index in [0.29, 0.717) is 19.2 Å². The Balaban J connectivity index is 4.11. The monoisotopic (exact) mass is 253 g/mol. The third kappa shape index (κ3) is 6.60. The Kier molecular flexibility index (Phi) is 6.30. The second-order valence-corrected chi connectivity index (χ2v) is 3.02. The van der Waals surface area contributed by atoms with Crippen LogP contribution in [-0.4, -0.2) is 42.6 Å². The van der Waals surface area contributed by atoms with Gasteiger partial charge in [0, 0.05) is 19.2 Å². The second kappa shape index (κ2) is 6.93. The van der Waals surface area contributed by atoms with Crippen molar-refractivity contribution >= 4 is 11.9 Å². The molecule has 4 nitrogen and oxygen atoms in total. The molecule has 0 bridgehead atoms. The maximum atomic E-state index is 11.7. The van der Waals surface area contributed by atoms with Gasteiger partial charge >= 0.3 is 18.1 Å². The summed E-state index contributed by atoms with van der Waals surface area (Å²) in [6.45, 7) is 3.45. The van der Waals surface area contributed by atoms with Crippen LogP contribution < -0.4 is 0 Å². The van der Waals surface area contributed by atoms with Crippen LogP contribution in [0.5, 0.6) is 0 Å². The van der Waals surface area contributed by atoms with E-state index in [-0.39, 0.29) is 6.08 Å². The summed E-state index contributed by atoms with van der Waals surface area (Å²) in [5.74, 6) is -2.00. The standard InChI is InChI=1S/C10H14F3NO3/c1-3-14(4-2)8(15)9(16)17-7-5-6-10(11,12)13/h5-6H,3-4,7H2,1-2H3/b6-5+. The number of alkyl halides is 3. The molecule has 0 aliphatic carbocycles. The van der Waals surface area contributed by atoms with Gasteiger partial charge in [0.05, 0.1) is 0 Å². The number of amides is 1. The number of halogens is 3. The summed E-state index contributed by atoms with van der Waals surface area (Å²) in [5.41, 5.74) is 0. The Morgan fingerprint density at radius 3 is 2.18 bits per heavy atom. The zero-order valence-electron chi connectivity index (χ0n) is 9.58. The Morgan fingerprint density at radius 1 is 1.24 bits per heavy atom. The van der Waals surface area contributed by atoms with Crippen LogP contribution in [0.15, 0.2) is 12.2 Å². The Hall–Kier alpha value is -1.53. The summed E-state index contributed by atoms with van der Waals surface area (Å²) in [4.78, 5) is 23.6. The van der Waals surface area contributed by atoms with Gasteiger partial charge in [0.25, 0.3) is 0 Å². The fourth-order valence-electron chi connectivity index (χ4n) is 1.01. The highest BCUT2D eigenvalue weighted by atomic mass is 19.4. The van der Waals surface area contributed by atoms with Crippen molar-refractivity contribution in [2.75, 3.05) is 19.7 Å². The van der Waals surface area contributed by atoms with Crippen LogP contribution in [0.4, 0.5) is 13.2 Å². The van der Waals surface area contributed by atoms with E-state index in [1.165, 1.54) is 4.90 Å². The van der Waals surface area contributed by atoms with Crippen molar-refractivity contribution in [3.63, 3.8) is 0 Å². The van der Waals surface area contributed by atoms with Gasteiger partial charge in [0.15, 0.2) is 0 Å². The van der Waals surface area contributed by atoms with Crippen LogP contribution in [0.2, 0.25) is 0 Å². The Morgan fingerprint density at radius 2 is 1.76 bits per heavy atom. The Labute approximate surface area is 97.0 Å². The third-order valence-electron chi connectivity index (χ3n) is 1.84. The SMILES string of the molecule is CCN(CC)C(=O)C(=O)OC/C=C/C(F)(F)F. The molecule has 0 aliphatic rings. The number of carbonyl (C=O) groups excluding carboxylic acids is 2. The molecule has 0 saturated heterocycles. The lowest BCUT2D eigenvalue weighted by atomic mass is 10.4. The molecule has 0 unspecified atom stereocenters. The molecule has 0 aliphatic heterocycles. The maximum absolute atomic E-state index is 11.7. The maximum Gasteiger partial charge on any atom is 0.409 e. The minimum Gasteiger partial charge on any atom is -0.454 e. The summed E-state index contributed by atoms with van der Waals surface area (Å²) < 4.78 is 39.4. The van der Waals surface area contributed by atoms with Gasteiger partial charge < -0.3 is 9.64 Å². The molecule has 0 fully saturated rings. The highest BCUT2D eigenvalue weighted by molar-refractivity contribution is 6.32. The normalized spacial score (nSPS) is 11.6. The van der Waals surface area contributed by atoms with Gasteiger partial charge in [-0.2, -0.15) is 13.2 Å². The molecule has 0 rings (SSSR count). The lowest BCUT2D eigenvalue weighted by molar-refractivity contribution is -0.159. The van der Waals surface area contributed by atoms with E-state index in [2.05, 4.69) is 4.74 Å². The van der Waals surface area contributed by atoms with E-state index in [0.717, 1.165) is 0 Å². The molecule has 0 aromatic rings. The van der Waals surface area contributed by atoms with Crippen molar-refractivity contribution in [2.45, 2.75) is 20.0 Å². The van der Waals surface area contributed by atoms with Crippen molar-refractivity contribution in [3.8, 4) is 0 Å². The van der Waals surface area contributed by atoms with Gasteiger partial charge in [-0.05, 0) is 19.9 Å². The molecule has 0 atom stereocenters. The largest absolute Gasteiger partial charge is 0.454 e. The van der Waals surface area contributed by atoms with Gasteiger partial charge in [-0.15, -0.1) is 0 Å². The number of hydrogen-bond acceptors (Lipinski definition) is 3. The fourth-order valence-corrected chi connectivity index (χ4v) is 1.01. The lowest BCUT2D eigenvalue weighted by Crippen LogP contribution is -2.37. The second-order valence-electron chi connectivity index (χ2n) is 3.02. The van der Waals surface area contributed by atoms with Crippen LogP contribution in [0.3, 0.4) is 0 Å². The zero-order valence-corrected chi connectivity index (χ0v) is 9.58. The van der Waals surface area contributed by atoms with Crippen LogP contribution >= 0.6 is 0 Å². The first-order valence-corrected chi connectivity index (χ1v) is 5.02. The van der Waals surface area contributed by atoms with Crippen molar-refractivity contribution in [1.29, 1.82) is 0 Å². The van der Waals surface area contributed by atoms with Crippen molar-refractivity contribution < 1.29 is 27.5 Å². The molecular weight excluding hydrogens is 239 g/mol. The smallest absolute Gasteiger partial charge is 0.409 e. The van der Waals surface area contributed by atoms with E-state index in [1.54, 1.807) is 13.8 Å². The molecule has 0 radical (unpaired) electrons. The third-order valence-corrected chi connectivity index (χ3v) is 1.84. The number of nitrogens with zero attached hydrogens (tertiary/aromatic N) is 1. The molecule has 0 heterocycles. The molecule has 98 valence electrons. The zero-order chi connectivity index (χ0) is 13.5. The predicted octanol–water partition coefficient (Wildman–Crippen LogP) is 1.52. The molecule has 0 spiro atoms. The number of hydrogen-bond donors (Lipinski definition) is 0. The van der Waals surface area contributed by atoms with Gasteiger partial charge in [0.2, 0.25) is 0 Å². The lowest BCUT2D eigenvalue weighted by Gasteiger charge is -2.16. The number of esters is 1. The van der Waals surface area contributed by atoms with Crippen LogP contribution in [0.1, 0.15) is 13.8 Å². The molecular formula is C10H14F3NO3. The molecule has 7 heteroatoms. The molecule has 0 N–H and O–H groups in total. The van der Waals surface area contributed by atoms with Gasteiger partial charge in [-0.1, -0.05) is 0 Å². The fraction of sp³-hybridized carbons (Fsp3) is 0.600. The Bertz CT molecular complexity index is 296. The molecule has 0 aromatic heterocycles. The average molecular weight is 253 g/mol. The topological polar surface area (TPSA) is 46.6 Å². The van der Waals surface area contributed by atoms with Gasteiger partial charge in [-0.3, -0.25) is 4.79 Å². The van der Waals surface area contributed by atoms with Crippen molar-refractivity contribution in [2.24, 2.45) is 0 Å². The number of ether oxygens (including phenoxy) is 1. The summed E-state index contributed by atoms with van der Waals surface area (Å²) in [7, 11) is 0. The minimum atomic E-state index is -4.45. The van der Waals surface area contributed by atoms with E-state index in [1.807, 2.05) is 0 Å². The number of likely N-dealkylation sites (N-methyl/N-ethyl adjacent to an activating group) is 1. The summed E-state index contributed by atoms with van der Waals surface area (Å²) in [5, 5.41) is 0. The molecule has 17 heavy (non-hydrogen) atoms. The molecule has 0 saturated carbocycles. The minimum absolute atomic E-state index is 0.0534. The first-order valence-electron chi connectivity index (χ1n) is 5.02. The van der Waals surface area contributed by atoms with Gasteiger partial charge in [0.1, 0.15) is 6.61 Å². The van der Waals surface area contributed by atoms with Crippen LogP contribution in [0.25, 0.3) is 0 Å². The molecule has 0 aromatic carbocycles. The summed E-state index contributed by atoms with van der Waals surface area (Å²) >= 11 is 0. The number of allylic oxidation sites excluding steroid dienone is 1. The highest BCUT2D eigenvalue weighted by Gasteiger charge is 2.23. The molecule has 1 amide bonds. The summed E-state index contributed by atoms with van der Waals surface area (Å²) in [6, 6.07) is 0. The van der Waals surface area contributed by atoms with Crippen LogP contribution in [0, 0.1) is 0 Å².